The van der Waals surface area contributed by atoms with Gasteiger partial charge in [0.2, 0.25) is 23.6 Å². The zero-order valence-electron chi connectivity index (χ0n) is 22.6. The molecule has 2 heterocycles. The molecule has 10 nitrogen and oxygen atoms in total. The number of phenolic OH excluding ortho intramolecular Hbond substituents is 1. The molecule has 0 unspecified atom stereocenters. The number of aromatic hydroxyl groups is 1. The van der Waals surface area contributed by atoms with Gasteiger partial charge in [0, 0.05) is 24.1 Å². The van der Waals surface area contributed by atoms with Crippen LogP contribution in [-0.4, -0.2) is 58.4 Å². The van der Waals surface area contributed by atoms with E-state index in [0.717, 1.165) is 10.5 Å². The number of anilines is 1. The minimum absolute atomic E-state index is 0.103. The molecule has 2 aliphatic carbocycles. The number of carboxylic acid groups (broad SMARTS) is 1. The van der Waals surface area contributed by atoms with E-state index < -0.39 is 58.7 Å². The van der Waals surface area contributed by atoms with Crippen LogP contribution >= 0.6 is 0 Å². The zero-order valence-corrected chi connectivity index (χ0v) is 22.6. The molecule has 6 rings (SSSR count). The number of allylic oxidation sites excluding steroid dienone is 2. The summed E-state index contributed by atoms with van der Waals surface area (Å²) in [7, 11) is 1.47. The van der Waals surface area contributed by atoms with Crippen LogP contribution in [0.4, 0.5) is 5.69 Å². The summed E-state index contributed by atoms with van der Waals surface area (Å²) in [5.74, 6) is -6.00. The normalized spacial score (nSPS) is 30.6. The number of para-hydroxylation sites is 1. The minimum atomic E-state index is -1.27. The summed E-state index contributed by atoms with van der Waals surface area (Å²) in [6.45, 7) is 1.53. The quantitative estimate of drug-likeness (QED) is 0.407. The molecule has 2 aromatic rings. The fraction of sp³-hybridized carbons (Fsp3) is 0.387. The predicted molar refractivity (Wildman–Crippen MR) is 145 cm³/mol. The smallest absolute Gasteiger partial charge is 0.305 e. The Morgan fingerprint density at radius 1 is 1.02 bits per heavy atom. The fourth-order valence-corrected chi connectivity index (χ4v) is 7.57. The zero-order chi connectivity index (χ0) is 29.2. The summed E-state index contributed by atoms with van der Waals surface area (Å²) >= 11 is 0. The number of hydrogen-bond donors (Lipinski definition) is 2. The van der Waals surface area contributed by atoms with Gasteiger partial charge in [-0.05, 0) is 43.9 Å². The SMILES string of the molecule is COc1ccc([C@H]2C3=CC[C@@H]4C(=O)N(CCC(=O)O)C(=O)[C@@H]4[C@@H]3C[C@H]3C(=O)N(c4ccccc4)C(=O)[C@@]23C)c(O)c1. The Bertz CT molecular complexity index is 1520. The standard InChI is InChI=1S/C31H30N2O8/c1-31-22(28(38)33(30(31)40)16-6-4-3-5-7-16)15-21-18(26(31)19-9-8-17(41-2)14-23(19)34)10-11-20-25(21)29(39)32(27(20)37)13-12-24(35)36/h3-10,14,20-22,25-26,34H,11-13,15H2,1-2H3,(H,35,36)/t20-,21+,22-,25-,26+,31+/m0/s1. The minimum Gasteiger partial charge on any atom is -0.508 e. The lowest BCUT2D eigenvalue weighted by Gasteiger charge is -2.49. The Morgan fingerprint density at radius 3 is 2.41 bits per heavy atom. The average molecular weight is 559 g/mol. The van der Waals surface area contributed by atoms with E-state index in [-0.39, 0.29) is 37.5 Å². The van der Waals surface area contributed by atoms with Crippen LogP contribution in [0.15, 0.2) is 60.2 Å². The Hall–Kier alpha value is -4.47. The highest BCUT2D eigenvalue weighted by molar-refractivity contribution is 6.24. The third-order valence-corrected chi connectivity index (χ3v) is 9.48. The number of amides is 4. The number of hydrogen-bond acceptors (Lipinski definition) is 7. The van der Waals surface area contributed by atoms with Crippen molar-refractivity contribution in [2.75, 3.05) is 18.6 Å². The Kier molecular flexibility index (Phi) is 6.24. The predicted octanol–water partition coefficient (Wildman–Crippen LogP) is 3.11. The van der Waals surface area contributed by atoms with Crippen molar-refractivity contribution in [1.82, 2.24) is 4.90 Å². The number of methoxy groups -OCH3 is 1. The molecule has 2 aromatic carbocycles. The van der Waals surface area contributed by atoms with Gasteiger partial charge in [0.25, 0.3) is 0 Å². The van der Waals surface area contributed by atoms with Crippen LogP contribution < -0.4 is 9.64 Å². The fourth-order valence-electron chi connectivity index (χ4n) is 7.57. The Labute approximate surface area is 236 Å². The first-order valence-electron chi connectivity index (χ1n) is 13.7. The molecule has 212 valence electrons. The lowest BCUT2D eigenvalue weighted by molar-refractivity contribution is -0.142. The van der Waals surface area contributed by atoms with Crippen molar-refractivity contribution in [2.45, 2.75) is 32.1 Å². The van der Waals surface area contributed by atoms with Crippen molar-refractivity contribution in [2.24, 2.45) is 29.1 Å². The second-order valence-corrected chi connectivity index (χ2v) is 11.4. The molecule has 0 spiro atoms. The van der Waals surface area contributed by atoms with Crippen LogP contribution in [0.5, 0.6) is 11.5 Å². The third-order valence-electron chi connectivity index (χ3n) is 9.48. The van der Waals surface area contributed by atoms with Crippen LogP contribution in [0, 0.1) is 29.1 Å². The number of phenols is 1. The molecular formula is C31H30N2O8. The number of ether oxygens (including phenoxy) is 1. The molecular weight excluding hydrogens is 528 g/mol. The first kappa shape index (κ1) is 26.7. The summed E-state index contributed by atoms with van der Waals surface area (Å²) < 4.78 is 5.27. The first-order valence-corrected chi connectivity index (χ1v) is 13.7. The number of likely N-dealkylation sites (tertiary alicyclic amines) is 1. The molecule has 2 saturated heterocycles. The number of carbonyl (C=O) groups is 5. The number of imide groups is 2. The number of nitrogens with zero attached hydrogens (tertiary/aromatic N) is 2. The number of benzene rings is 2. The lowest BCUT2D eigenvalue weighted by atomic mass is 9.51. The van der Waals surface area contributed by atoms with E-state index in [1.54, 1.807) is 49.4 Å². The average Bonchev–Trinajstić information content (AvgIpc) is 3.32. The highest BCUT2D eigenvalue weighted by atomic mass is 16.5. The van der Waals surface area contributed by atoms with E-state index >= 15 is 0 Å². The van der Waals surface area contributed by atoms with Crippen LogP contribution in [0.25, 0.3) is 0 Å². The van der Waals surface area contributed by atoms with Gasteiger partial charge in [0.05, 0.1) is 42.4 Å². The van der Waals surface area contributed by atoms with Gasteiger partial charge >= 0.3 is 5.97 Å². The van der Waals surface area contributed by atoms with Gasteiger partial charge in [0.15, 0.2) is 0 Å². The first-order chi connectivity index (χ1) is 19.6. The Balaban J connectivity index is 1.49. The molecule has 10 heteroatoms. The van der Waals surface area contributed by atoms with Crippen molar-refractivity contribution in [1.29, 1.82) is 0 Å². The number of carboxylic acids is 1. The summed E-state index contributed by atoms with van der Waals surface area (Å²) in [5, 5.41) is 20.3. The summed E-state index contributed by atoms with van der Waals surface area (Å²) in [4.78, 5) is 68.7. The van der Waals surface area contributed by atoms with Crippen molar-refractivity contribution in [3.8, 4) is 11.5 Å². The van der Waals surface area contributed by atoms with Gasteiger partial charge in [-0.15, -0.1) is 0 Å². The van der Waals surface area contributed by atoms with Crippen molar-refractivity contribution >= 4 is 35.3 Å². The van der Waals surface area contributed by atoms with Crippen molar-refractivity contribution in [3.05, 3.63) is 65.7 Å². The molecule has 3 fully saturated rings. The Morgan fingerprint density at radius 2 is 1.76 bits per heavy atom. The maximum Gasteiger partial charge on any atom is 0.305 e. The molecule has 0 bridgehead atoms. The maximum absolute atomic E-state index is 14.3. The van der Waals surface area contributed by atoms with E-state index in [4.69, 9.17) is 9.84 Å². The van der Waals surface area contributed by atoms with Crippen LogP contribution in [0.1, 0.15) is 37.7 Å². The topological polar surface area (TPSA) is 142 Å². The van der Waals surface area contributed by atoms with Gasteiger partial charge < -0.3 is 14.9 Å². The van der Waals surface area contributed by atoms with Gasteiger partial charge in [0.1, 0.15) is 11.5 Å². The van der Waals surface area contributed by atoms with E-state index in [2.05, 4.69) is 0 Å². The van der Waals surface area contributed by atoms with Gasteiger partial charge in [-0.25, -0.2) is 4.90 Å². The number of aliphatic carboxylic acids is 1. The van der Waals surface area contributed by atoms with E-state index in [0.29, 0.717) is 17.0 Å². The highest BCUT2D eigenvalue weighted by Gasteiger charge is 2.67. The van der Waals surface area contributed by atoms with E-state index in [1.807, 2.05) is 6.08 Å². The van der Waals surface area contributed by atoms with Gasteiger partial charge in [-0.2, -0.15) is 0 Å². The number of fused-ring (bicyclic) bond motifs is 4. The molecule has 4 amide bonds. The molecule has 0 aromatic heterocycles. The summed E-state index contributed by atoms with van der Waals surface area (Å²) in [6.07, 6.45) is 1.94. The molecule has 2 N–H and O–H groups in total. The molecule has 41 heavy (non-hydrogen) atoms. The monoisotopic (exact) mass is 558 g/mol. The van der Waals surface area contributed by atoms with Crippen LogP contribution in [0.3, 0.4) is 0 Å². The molecule has 1 saturated carbocycles. The van der Waals surface area contributed by atoms with Crippen molar-refractivity contribution in [3.63, 3.8) is 0 Å². The number of carbonyl (C=O) groups excluding carboxylic acids is 4. The highest BCUT2D eigenvalue weighted by Crippen LogP contribution is 2.64. The van der Waals surface area contributed by atoms with Crippen LogP contribution in [-0.2, 0) is 24.0 Å². The second kappa shape index (κ2) is 9.57. The maximum atomic E-state index is 14.3. The van der Waals surface area contributed by atoms with E-state index in [9.17, 15) is 29.1 Å². The summed E-state index contributed by atoms with van der Waals surface area (Å²) in [5.41, 5.74) is 0.340. The number of rotatable bonds is 6. The molecule has 2 aliphatic heterocycles. The van der Waals surface area contributed by atoms with Crippen molar-refractivity contribution < 1.29 is 38.9 Å². The third kappa shape index (κ3) is 3.80. The summed E-state index contributed by atoms with van der Waals surface area (Å²) in [6, 6.07) is 13.5. The van der Waals surface area contributed by atoms with Crippen LogP contribution in [0.2, 0.25) is 0 Å². The van der Waals surface area contributed by atoms with Gasteiger partial charge in [-0.3, -0.25) is 28.9 Å². The molecule has 0 radical (unpaired) electrons. The molecule has 6 atom stereocenters. The molecule has 4 aliphatic rings. The van der Waals surface area contributed by atoms with E-state index in [1.165, 1.54) is 18.1 Å². The van der Waals surface area contributed by atoms with Gasteiger partial charge in [-0.1, -0.05) is 35.9 Å². The second-order valence-electron chi connectivity index (χ2n) is 11.4. The lowest BCUT2D eigenvalue weighted by Crippen LogP contribution is -2.48. The largest absolute Gasteiger partial charge is 0.508 e.